The van der Waals surface area contributed by atoms with Gasteiger partial charge < -0.3 is 10.2 Å². The van der Waals surface area contributed by atoms with Gasteiger partial charge in [0.1, 0.15) is 0 Å². The summed E-state index contributed by atoms with van der Waals surface area (Å²) in [6.07, 6.45) is 2.70. The van der Waals surface area contributed by atoms with E-state index in [0.29, 0.717) is 6.04 Å². The zero-order valence-corrected chi connectivity index (χ0v) is 11.1. The Hall–Kier alpha value is -1.13. The minimum Gasteiger partial charge on any atom is -0.346 e. The zero-order chi connectivity index (χ0) is 11.9. The Kier molecular flexibility index (Phi) is 2.52. The van der Waals surface area contributed by atoms with Crippen molar-refractivity contribution in [2.75, 3.05) is 24.5 Å². The van der Waals surface area contributed by atoms with Crippen LogP contribution >= 0.6 is 11.3 Å². The topological polar surface area (TPSA) is 28.2 Å². The largest absolute Gasteiger partial charge is 0.346 e. The molecule has 2 aliphatic heterocycles. The number of thiazole rings is 1. The van der Waals surface area contributed by atoms with Crippen LogP contribution in [0.15, 0.2) is 24.3 Å². The summed E-state index contributed by atoms with van der Waals surface area (Å²) in [7, 11) is 0. The van der Waals surface area contributed by atoms with Crippen molar-refractivity contribution in [1.82, 2.24) is 10.3 Å². The molecular formula is C14H17N3S. The van der Waals surface area contributed by atoms with E-state index in [1.165, 1.54) is 35.8 Å². The molecule has 1 aromatic carbocycles. The Morgan fingerprint density at radius 1 is 1.28 bits per heavy atom. The van der Waals surface area contributed by atoms with Crippen LogP contribution in [-0.4, -0.2) is 30.7 Å². The molecule has 0 aliphatic carbocycles. The summed E-state index contributed by atoms with van der Waals surface area (Å²) in [6, 6.07) is 9.12. The van der Waals surface area contributed by atoms with Crippen LogP contribution in [0.2, 0.25) is 0 Å². The van der Waals surface area contributed by atoms with E-state index in [2.05, 4.69) is 34.5 Å². The predicted octanol–water partition coefficient (Wildman–Crippen LogP) is 2.48. The predicted molar refractivity (Wildman–Crippen MR) is 76.3 cm³/mol. The second kappa shape index (κ2) is 4.21. The van der Waals surface area contributed by atoms with Crippen LogP contribution in [0.5, 0.6) is 0 Å². The highest BCUT2D eigenvalue weighted by Gasteiger charge is 2.35. The quantitative estimate of drug-likeness (QED) is 0.853. The Labute approximate surface area is 111 Å². The van der Waals surface area contributed by atoms with Crippen LogP contribution in [-0.2, 0) is 0 Å². The fourth-order valence-electron chi connectivity index (χ4n) is 3.20. The maximum atomic E-state index is 4.77. The number of para-hydroxylation sites is 1. The van der Waals surface area contributed by atoms with E-state index in [0.717, 1.165) is 18.0 Å². The van der Waals surface area contributed by atoms with Crippen molar-refractivity contribution in [3.05, 3.63) is 24.3 Å². The average molecular weight is 259 g/mol. The van der Waals surface area contributed by atoms with E-state index in [-0.39, 0.29) is 0 Å². The molecule has 2 aliphatic rings. The number of nitrogens with zero attached hydrogens (tertiary/aromatic N) is 2. The normalized spacial score (nSPS) is 27.7. The summed E-state index contributed by atoms with van der Waals surface area (Å²) in [5.74, 6) is 0.825. The van der Waals surface area contributed by atoms with Gasteiger partial charge >= 0.3 is 0 Å². The fourth-order valence-corrected chi connectivity index (χ4v) is 4.18. The Morgan fingerprint density at radius 2 is 2.22 bits per heavy atom. The molecule has 0 saturated carbocycles. The lowest BCUT2D eigenvalue weighted by Gasteiger charge is -2.24. The van der Waals surface area contributed by atoms with Crippen molar-refractivity contribution in [1.29, 1.82) is 0 Å². The third-order valence-corrected chi connectivity index (χ3v) is 5.25. The Balaban J connectivity index is 1.63. The first-order valence-electron chi connectivity index (χ1n) is 6.74. The van der Waals surface area contributed by atoms with E-state index in [4.69, 9.17) is 4.98 Å². The summed E-state index contributed by atoms with van der Waals surface area (Å²) in [5.41, 5.74) is 1.14. The molecule has 2 fully saturated rings. The molecule has 94 valence electrons. The van der Waals surface area contributed by atoms with Crippen LogP contribution in [0.25, 0.3) is 10.2 Å². The number of fused-ring (bicyclic) bond motifs is 2. The lowest BCUT2D eigenvalue weighted by Crippen LogP contribution is -2.40. The van der Waals surface area contributed by atoms with E-state index in [1.807, 2.05) is 11.3 Å². The second-order valence-corrected chi connectivity index (χ2v) is 6.34. The van der Waals surface area contributed by atoms with Gasteiger partial charge in [-0.1, -0.05) is 23.5 Å². The van der Waals surface area contributed by atoms with E-state index in [1.54, 1.807) is 0 Å². The van der Waals surface area contributed by atoms with Crippen LogP contribution in [0.3, 0.4) is 0 Å². The van der Waals surface area contributed by atoms with E-state index >= 15 is 0 Å². The molecule has 0 bridgehead atoms. The fraction of sp³-hybridized carbons (Fsp3) is 0.500. The standard InChI is InChI=1S/C14H17N3S/c1-2-6-13-11(5-1)16-14(18-13)17-8-10-4-3-7-15-12(10)9-17/h1-2,5-6,10,12,15H,3-4,7-9H2. The number of nitrogens with one attached hydrogen (secondary N) is 1. The molecule has 0 amide bonds. The molecule has 0 radical (unpaired) electrons. The molecule has 2 atom stereocenters. The van der Waals surface area contributed by atoms with Crippen molar-refractivity contribution in [3.8, 4) is 0 Å². The molecule has 2 saturated heterocycles. The highest BCUT2D eigenvalue weighted by atomic mass is 32.1. The third kappa shape index (κ3) is 1.71. The molecule has 2 unspecified atom stereocenters. The summed E-state index contributed by atoms with van der Waals surface area (Å²) >= 11 is 1.83. The lowest BCUT2D eigenvalue weighted by molar-refractivity contribution is 0.340. The summed E-state index contributed by atoms with van der Waals surface area (Å²) in [5, 5.41) is 4.85. The smallest absolute Gasteiger partial charge is 0.186 e. The lowest BCUT2D eigenvalue weighted by atomic mass is 9.94. The van der Waals surface area contributed by atoms with Gasteiger partial charge in [-0.2, -0.15) is 0 Å². The van der Waals surface area contributed by atoms with Crippen LogP contribution in [0.1, 0.15) is 12.8 Å². The van der Waals surface area contributed by atoms with Gasteiger partial charge in [-0.3, -0.25) is 0 Å². The first kappa shape index (κ1) is 10.8. The number of hydrogen-bond acceptors (Lipinski definition) is 4. The van der Waals surface area contributed by atoms with Crippen LogP contribution in [0.4, 0.5) is 5.13 Å². The minimum atomic E-state index is 0.686. The molecule has 4 heteroatoms. The van der Waals surface area contributed by atoms with Gasteiger partial charge in [0.05, 0.1) is 10.2 Å². The number of aromatic nitrogens is 1. The highest BCUT2D eigenvalue weighted by molar-refractivity contribution is 7.22. The summed E-state index contributed by atoms with van der Waals surface area (Å²) in [6.45, 7) is 3.50. The Morgan fingerprint density at radius 3 is 3.11 bits per heavy atom. The maximum Gasteiger partial charge on any atom is 0.186 e. The zero-order valence-electron chi connectivity index (χ0n) is 10.3. The maximum absolute atomic E-state index is 4.77. The molecule has 4 rings (SSSR count). The first-order chi connectivity index (χ1) is 8.90. The van der Waals surface area contributed by atoms with Crippen molar-refractivity contribution in [3.63, 3.8) is 0 Å². The monoisotopic (exact) mass is 259 g/mol. The van der Waals surface area contributed by atoms with Gasteiger partial charge in [0, 0.05) is 19.1 Å². The SMILES string of the molecule is c1ccc2sc(N3CC4CCCNC4C3)nc2c1. The van der Waals surface area contributed by atoms with Gasteiger partial charge in [0.2, 0.25) is 0 Å². The summed E-state index contributed by atoms with van der Waals surface area (Å²) < 4.78 is 1.30. The molecule has 3 nitrogen and oxygen atoms in total. The number of rotatable bonds is 1. The molecule has 0 spiro atoms. The summed E-state index contributed by atoms with van der Waals surface area (Å²) in [4.78, 5) is 7.24. The molecule has 1 N–H and O–H groups in total. The number of anilines is 1. The molecule has 3 heterocycles. The van der Waals surface area contributed by atoms with Crippen molar-refractivity contribution in [2.45, 2.75) is 18.9 Å². The number of hydrogen-bond donors (Lipinski definition) is 1. The number of benzene rings is 1. The average Bonchev–Trinajstić information content (AvgIpc) is 3.02. The van der Waals surface area contributed by atoms with Gasteiger partial charge in [-0.25, -0.2) is 4.98 Å². The van der Waals surface area contributed by atoms with Crippen molar-refractivity contribution < 1.29 is 0 Å². The molecule has 1 aromatic heterocycles. The van der Waals surface area contributed by atoms with Gasteiger partial charge in [-0.05, 0) is 37.4 Å². The Bertz CT molecular complexity index is 518. The van der Waals surface area contributed by atoms with Crippen LogP contribution in [0, 0.1) is 5.92 Å². The first-order valence-corrected chi connectivity index (χ1v) is 7.56. The highest BCUT2D eigenvalue weighted by Crippen LogP contribution is 2.34. The van der Waals surface area contributed by atoms with Gasteiger partial charge in [0.25, 0.3) is 0 Å². The minimum absolute atomic E-state index is 0.686. The van der Waals surface area contributed by atoms with Gasteiger partial charge in [0.15, 0.2) is 5.13 Å². The van der Waals surface area contributed by atoms with E-state index < -0.39 is 0 Å². The van der Waals surface area contributed by atoms with E-state index in [9.17, 15) is 0 Å². The third-order valence-electron chi connectivity index (χ3n) is 4.15. The number of piperidine rings is 1. The van der Waals surface area contributed by atoms with Crippen molar-refractivity contribution in [2.24, 2.45) is 5.92 Å². The van der Waals surface area contributed by atoms with Gasteiger partial charge in [-0.15, -0.1) is 0 Å². The van der Waals surface area contributed by atoms with Crippen LogP contribution < -0.4 is 10.2 Å². The molecule has 2 aromatic rings. The molecular weight excluding hydrogens is 242 g/mol. The molecule has 18 heavy (non-hydrogen) atoms. The second-order valence-electron chi connectivity index (χ2n) is 5.33. The van der Waals surface area contributed by atoms with Crippen molar-refractivity contribution >= 4 is 26.7 Å².